The van der Waals surface area contributed by atoms with Crippen LogP contribution in [0.4, 0.5) is 0 Å². The molecule has 0 saturated carbocycles. The number of thioether (sulfide) groups is 2. The Labute approximate surface area is 225 Å². The van der Waals surface area contributed by atoms with Gasteiger partial charge in [-0.2, -0.15) is 0 Å². The number of amides is 3. The molecule has 2 aliphatic rings. The fourth-order valence-corrected chi connectivity index (χ4v) is 7.98. The van der Waals surface area contributed by atoms with E-state index in [1.54, 1.807) is 30.3 Å². The van der Waals surface area contributed by atoms with Crippen molar-refractivity contribution < 1.29 is 29.1 Å². The molecular weight excluding hydrogens is 516 g/mol. The number of aliphatic carboxylic acids is 1. The van der Waals surface area contributed by atoms with Crippen molar-refractivity contribution in [3.05, 3.63) is 35.9 Å². The highest BCUT2D eigenvalue weighted by Crippen LogP contribution is 2.49. The molecule has 2 fully saturated rings. The lowest BCUT2D eigenvalue weighted by molar-refractivity contribution is -0.142. The van der Waals surface area contributed by atoms with Crippen LogP contribution in [0.25, 0.3) is 0 Å². The van der Waals surface area contributed by atoms with E-state index in [-0.39, 0.29) is 22.4 Å². The summed E-state index contributed by atoms with van der Waals surface area (Å²) in [6, 6.07) is 5.46. The van der Waals surface area contributed by atoms with Gasteiger partial charge in [-0.3, -0.25) is 24.1 Å². The number of Topliss-reactive ketones (excluding diaryl/α,β-unsaturated/α-hetero) is 1. The van der Waals surface area contributed by atoms with E-state index in [9.17, 15) is 29.1 Å². The predicted octanol–water partition coefficient (Wildman–Crippen LogP) is 1.17. The summed E-state index contributed by atoms with van der Waals surface area (Å²) >= 11 is 3.78. The van der Waals surface area contributed by atoms with Crippen molar-refractivity contribution in [2.24, 2.45) is 0 Å². The lowest BCUT2D eigenvalue weighted by Crippen LogP contribution is -2.52. The summed E-state index contributed by atoms with van der Waals surface area (Å²) in [4.78, 5) is 64.4. The zero-order valence-electron chi connectivity index (χ0n) is 21.0. The van der Waals surface area contributed by atoms with E-state index in [1.165, 1.54) is 0 Å². The number of ketones is 1. The third kappa shape index (κ3) is 7.71. The number of carboxylic acid groups (broad SMARTS) is 1. The van der Waals surface area contributed by atoms with Gasteiger partial charge < -0.3 is 21.1 Å². The predicted molar refractivity (Wildman–Crippen MR) is 143 cm³/mol. The number of rotatable bonds is 11. The van der Waals surface area contributed by atoms with Crippen LogP contribution in [0.5, 0.6) is 0 Å². The number of likely N-dealkylation sites (N-methyl/N-ethyl adjacent to an activating group) is 1. The summed E-state index contributed by atoms with van der Waals surface area (Å²) in [5.74, 6) is -2.00. The molecule has 4 N–H and O–H groups in total. The average Bonchev–Trinajstić information content (AvgIpc) is 3.20. The number of carbonyl (C=O) groups excluding carboxylic acids is 4. The highest BCUT2D eigenvalue weighted by atomic mass is 32.2. The van der Waals surface area contributed by atoms with Gasteiger partial charge >= 0.3 is 5.97 Å². The number of nitrogens with one attached hydrogen (secondary N) is 3. The minimum atomic E-state index is -1.29. The molecule has 10 nitrogen and oxygen atoms in total. The third-order valence-electron chi connectivity index (χ3n) is 6.38. The molecule has 202 valence electrons. The zero-order valence-corrected chi connectivity index (χ0v) is 22.7. The van der Waals surface area contributed by atoms with E-state index in [0.717, 1.165) is 24.5 Å². The van der Waals surface area contributed by atoms with E-state index in [2.05, 4.69) is 16.0 Å². The molecule has 37 heavy (non-hydrogen) atoms. The Hall–Kier alpha value is -2.57. The molecule has 0 aromatic heterocycles. The first-order valence-electron chi connectivity index (χ1n) is 12.3. The van der Waals surface area contributed by atoms with Gasteiger partial charge in [-0.1, -0.05) is 43.7 Å². The van der Waals surface area contributed by atoms with E-state index in [1.807, 2.05) is 42.4 Å². The maximum atomic E-state index is 13.1. The molecule has 0 aliphatic carbocycles. The summed E-state index contributed by atoms with van der Waals surface area (Å²) in [7, 11) is 1.90. The molecule has 3 atom stereocenters. The van der Waals surface area contributed by atoms with Crippen molar-refractivity contribution in [3.8, 4) is 0 Å². The molecule has 12 heteroatoms. The first-order chi connectivity index (χ1) is 17.7. The van der Waals surface area contributed by atoms with E-state index in [0.29, 0.717) is 18.4 Å². The normalized spacial score (nSPS) is 20.5. The summed E-state index contributed by atoms with van der Waals surface area (Å²) in [6.45, 7) is 2.05. The number of hydrogen-bond acceptors (Lipinski definition) is 8. The summed E-state index contributed by atoms with van der Waals surface area (Å²) in [5, 5.41) is 16.8. The van der Waals surface area contributed by atoms with Gasteiger partial charge in [-0.15, -0.1) is 23.5 Å². The number of nitrogens with zero attached hydrogens (tertiary/aromatic N) is 1. The standard InChI is InChI=1S/C25H34N4O6S2/c1-3-8-17(27-22(32)18-13-25(15-29(18)2)36-11-7-12-37-25)21(31)23(33)26-14-19(30)28-20(24(34)35)16-9-5-4-6-10-16/h4-6,9-10,17-18,20H,3,7-8,11-15H2,1-2H3,(H,26,33)(H,27,32)(H,28,30)(H,34,35)/t17?,18?,20-/m0/s1. The molecule has 1 spiro atoms. The van der Waals surface area contributed by atoms with Gasteiger partial charge in [-0.25, -0.2) is 4.79 Å². The summed E-state index contributed by atoms with van der Waals surface area (Å²) in [6.07, 6.45) is 2.68. The van der Waals surface area contributed by atoms with Crippen molar-refractivity contribution in [1.82, 2.24) is 20.9 Å². The highest BCUT2D eigenvalue weighted by molar-refractivity contribution is 8.18. The summed E-state index contributed by atoms with van der Waals surface area (Å²) in [5.41, 5.74) is 0.375. The quantitative estimate of drug-likeness (QED) is 0.298. The second kappa shape index (κ2) is 13.3. The molecule has 1 aromatic rings. The molecule has 3 amide bonds. The number of hydrogen-bond donors (Lipinski definition) is 4. The number of benzene rings is 1. The van der Waals surface area contributed by atoms with Crippen LogP contribution in [0.1, 0.15) is 44.2 Å². The lowest BCUT2D eigenvalue weighted by atomic mass is 10.1. The molecule has 1 aromatic carbocycles. The third-order valence-corrected chi connectivity index (χ3v) is 9.71. The number of carboxylic acids is 1. The van der Waals surface area contributed by atoms with Gasteiger partial charge in [0, 0.05) is 6.54 Å². The topological polar surface area (TPSA) is 145 Å². The van der Waals surface area contributed by atoms with Crippen molar-refractivity contribution in [1.29, 1.82) is 0 Å². The number of likely N-dealkylation sites (tertiary alicyclic amines) is 1. The second-order valence-corrected chi connectivity index (χ2v) is 12.5. The zero-order chi connectivity index (χ0) is 27.0. The average molecular weight is 551 g/mol. The van der Waals surface area contributed by atoms with Crippen molar-refractivity contribution >= 4 is 53.0 Å². The maximum absolute atomic E-state index is 13.1. The second-order valence-electron chi connectivity index (χ2n) is 9.24. The van der Waals surface area contributed by atoms with Crippen LogP contribution in [-0.4, -0.2) is 87.3 Å². The monoisotopic (exact) mass is 550 g/mol. The van der Waals surface area contributed by atoms with Crippen LogP contribution in [0.2, 0.25) is 0 Å². The van der Waals surface area contributed by atoms with Gasteiger partial charge in [0.1, 0.15) is 0 Å². The molecule has 2 saturated heterocycles. The van der Waals surface area contributed by atoms with Crippen LogP contribution in [0.15, 0.2) is 30.3 Å². The molecule has 3 rings (SSSR count). The van der Waals surface area contributed by atoms with Crippen LogP contribution >= 0.6 is 23.5 Å². The molecule has 0 radical (unpaired) electrons. The van der Waals surface area contributed by atoms with Gasteiger partial charge in [0.15, 0.2) is 6.04 Å². The van der Waals surface area contributed by atoms with Gasteiger partial charge in [0.05, 0.1) is 22.7 Å². The Balaban J connectivity index is 1.54. The van der Waals surface area contributed by atoms with E-state index >= 15 is 0 Å². The minimum absolute atomic E-state index is 0.0163. The van der Waals surface area contributed by atoms with E-state index < -0.39 is 42.2 Å². The lowest BCUT2D eigenvalue weighted by Gasteiger charge is -2.31. The molecule has 2 unspecified atom stereocenters. The van der Waals surface area contributed by atoms with Crippen LogP contribution in [0, 0.1) is 0 Å². The Morgan fingerprint density at radius 3 is 2.41 bits per heavy atom. The Kier molecular flexibility index (Phi) is 10.4. The Morgan fingerprint density at radius 2 is 1.78 bits per heavy atom. The smallest absolute Gasteiger partial charge is 0.330 e. The Morgan fingerprint density at radius 1 is 1.11 bits per heavy atom. The largest absolute Gasteiger partial charge is 0.479 e. The maximum Gasteiger partial charge on any atom is 0.330 e. The minimum Gasteiger partial charge on any atom is -0.479 e. The fourth-order valence-electron chi connectivity index (χ4n) is 4.50. The van der Waals surface area contributed by atoms with Crippen molar-refractivity contribution in [3.63, 3.8) is 0 Å². The first kappa shape index (κ1) is 29.0. The van der Waals surface area contributed by atoms with Crippen LogP contribution < -0.4 is 16.0 Å². The molecule has 0 bridgehead atoms. The number of carbonyl (C=O) groups is 5. The van der Waals surface area contributed by atoms with E-state index in [4.69, 9.17) is 0 Å². The van der Waals surface area contributed by atoms with Crippen molar-refractivity contribution in [2.75, 3.05) is 31.6 Å². The highest BCUT2D eigenvalue weighted by Gasteiger charge is 2.47. The van der Waals surface area contributed by atoms with Crippen LogP contribution in [-0.2, 0) is 24.0 Å². The molecule has 2 heterocycles. The molecule has 2 aliphatic heterocycles. The SMILES string of the molecule is CCCC(NC(=O)C1CC2(CN1C)SCCCS2)C(=O)C(=O)NCC(=O)N[C@H](C(=O)O)c1ccccc1. The van der Waals surface area contributed by atoms with Gasteiger partial charge in [0.25, 0.3) is 5.91 Å². The fraction of sp³-hybridized carbons (Fsp3) is 0.560. The van der Waals surface area contributed by atoms with Gasteiger partial charge in [-0.05, 0) is 43.4 Å². The molecular formula is C25H34N4O6S2. The van der Waals surface area contributed by atoms with Gasteiger partial charge in [0.2, 0.25) is 17.6 Å². The van der Waals surface area contributed by atoms with Crippen molar-refractivity contribution in [2.45, 2.75) is 54.8 Å². The Bertz CT molecular complexity index is 1000. The van der Waals surface area contributed by atoms with Crippen LogP contribution in [0.3, 0.4) is 0 Å². The summed E-state index contributed by atoms with van der Waals surface area (Å²) < 4.78 is -0.0163. The first-order valence-corrected chi connectivity index (χ1v) is 14.3.